The number of phenols is 3. The number of aliphatic carboxylic acids is 1. The number of carbonyl (C=O) groups is 3. The number of ether oxygens (including phenoxy) is 4. The Labute approximate surface area is 356 Å². The minimum atomic E-state index is -2.11. The Morgan fingerprint density at radius 1 is 0.902 bits per heavy atom. The van der Waals surface area contributed by atoms with Crippen LogP contribution in [0.2, 0.25) is 0 Å². The van der Waals surface area contributed by atoms with Crippen molar-refractivity contribution in [1.82, 2.24) is 5.32 Å². The van der Waals surface area contributed by atoms with E-state index in [9.17, 15) is 39.9 Å². The number of fused-ring (bicyclic) bond motifs is 1. The van der Waals surface area contributed by atoms with E-state index in [-0.39, 0.29) is 74.1 Å². The van der Waals surface area contributed by atoms with Crippen molar-refractivity contribution in [1.29, 1.82) is 0 Å². The van der Waals surface area contributed by atoms with Gasteiger partial charge in [-0.05, 0) is 91.1 Å². The number of carboxylic acids is 1. The van der Waals surface area contributed by atoms with Crippen molar-refractivity contribution >= 4 is 29.7 Å². The van der Waals surface area contributed by atoms with E-state index >= 15 is 0 Å². The van der Waals surface area contributed by atoms with E-state index in [1.54, 1.807) is 18.2 Å². The second-order valence-corrected chi connectivity index (χ2v) is 16.5. The number of aliphatic hydroxyl groups excluding tert-OH is 1. The number of nitrogens with one attached hydrogen (secondary N) is 1. The molecule has 6 rings (SSSR count). The molecule has 0 bridgehead atoms. The number of aromatic hydroxyl groups is 3. The van der Waals surface area contributed by atoms with E-state index in [2.05, 4.69) is 5.32 Å². The summed E-state index contributed by atoms with van der Waals surface area (Å²) in [5.41, 5.74) is 3.81. The van der Waals surface area contributed by atoms with Crippen LogP contribution < -0.4 is 15.8 Å². The van der Waals surface area contributed by atoms with Gasteiger partial charge in [-0.1, -0.05) is 73.9 Å². The molecule has 1 aliphatic heterocycles. The number of ketones is 2. The molecule has 1 heterocycles. The minimum Gasteiger partial charge on any atom is -0.504 e. The van der Waals surface area contributed by atoms with Crippen LogP contribution in [0.1, 0.15) is 74.5 Å². The Bertz CT molecular complexity index is 2020. The second-order valence-electron chi connectivity index (χ2n) is 16.5. The zero-order chi connectivity index (χ0) is 43.4. The molecule has 6 atom stereocenters. The number of carbonyl (C=O) groups excluding carboxylic acids is 2. The molecule has 61 heavy (non-hydrogen) atoms. The normalized spacial score (nSPS) is 26.1. The Hall–Kier alpha value is -5.09. The number of hydrogen-bond acceptors (Lipinski definition) is 13. The summed E-state index contributed by atoms with van der Waals surface area (Å²) in [5.74, 6) is -3.11. The Morgan fingerprint density at radius 3 is 2.33 bits per heavy atom. The van der Waals surface area contributed by atoms with Crippen molar-refractivity contribution in [2.75, 3.05) is 32.9 Å². The SMILES string of the molecule is NCCOc1ccc(C=CC(=O)CO[C@@]2(C(=O)O)C[C@@H](O)[C@H]3OC[C@H](CCc4ccccc4)CC(C(=O)C=Cc4ccc(O)c(O)c4)O[C@@]3(CNC3CCCCC3)C2)cc1O. The summed E-state index contributed by atoms with van der Waals surface area (Å²) in [6.45, 7) is 0.0350. The molecule has 3 aromatic rings. The highest BCUT2D eigenvalue weighted by Crippen LogP contribution is 2.45. The predicted molar refractivity (Wildman–Crippen MR) is 227 cm³/mol. The molecule has 14 heteroatoms. The van der Waals surface area contributed by atoms with Gasteiger partial charge in [0.15, 0.2) is 40.2 Å². The van der Waals surface area contributed by atoms with Gasteiger partial charge in [-0.15, -0.1) is 0 Å². The minimum absolute atomic E-state index is 0.0358. The number of aliphatic hydroxyl groups is 1. The van der Waals surface area contributed by atoms with Gasteiger partial charge in [-0.3, -0.25) is 9.59 Å². The Kier molecular flexibility index (Phi) is 15.7. The lowest BCUT2D eigenvalue weighted by Gasteiger charge is -2.54. The smallest absolute Gasteiger partial charge is 0.336 e. The standard InChI is InChI=1S/C47H58N2O12/c48-21-22-58-42-20-16-32(24-40(42)54)13-17-36(50)28-60-46(45(56)57)26-41(55)44-47(29-46,30-49-35-9-5-2-6-10-35)61-43(38(52)19-15-33-14-18-37(51)39(53)23-33)25-34(27-59-44)12-11-31-7-3-1-4-8-31/h1,3-4,7-8,13-20,23-24,34-35,41,43-44,49,51,53-55H,2,5-6,9-12,21-22,25-30,48H2,(H,56,57)/t34-,41-,43?,44-,46+,47-/m1/s1. The van der Waals surface area contributed by atoms with Crippen molar-refractivity contribution in [3.05, 3.63) is 95.6 Å². The number of hydrogen-bond donors (Lipinski definition) is 7. The van der Waals surface area contributed by atoms with E-state index < -0.39 is 60.1 Å². The van der Waals surface area contributed by atoms with E-state index in [0.717, 1.165) is 37.7 Å². The summed E-state index contributed by atoms with van der Waals surface area (Å²) in [7, 11) is 0. The number of nitrogens with two attached hydrogens (primary N) is 1. The first-order chi connectivity index (χ1) is 29.4. The molecule has 0 aromatic heterocycles. The first-order valence-electron chi connectivity index (χ1n) is 21.1. The van der Waals surface area contributed by atoms with Crippen molar-refractivity contribution in [2.24, 2.45) is 11.7 Å². The average molecular weight is 843 g/mol. The summed E-state index contributed by atoms with van der Waals surface area (Å²) < 4.78 is 25.0. The van der Waals surface area contributed by atoms with Crippen LogP contribution in [0.15, 0.2) is 78.9 Å². The molecule has 1 saturated heterocycles. The largest absolute Gasteiger partial charge is 0.504 e. The van der Waals surface area contributed by atoms with Crippen LogP contribution in [0.3, 0.4) is 0 Å². The van der Waals surface area contributed by atoms with Crippen LogP contribution in [-0.4, -0.2) is 112 Å². The molecule has 0 radical (unpaired) electrons. The van der Waals surface area contributed by atoms with Crippen LogP contribution in [0.5, 0.6) is 23.0 Å². The third-order valence-electron chi connectivity index (χ3n) is 11.9. The Balaban J connectivity index is 1.29. The maximum Gasteiger partial charge on any atom is 0.336 e. The van der Waals surface area contributed by atoms with Gasteiger partial charge in [0.2, 0.25) is 0 Å². The molecule has 328 valence electrons. The number of benzene rings is 3. The molecule has 8 N–H and O–H groups in total. The van der Waals surface area contributed by atoms with Gasteiger partial charge in [0.05, 0.1) is 12.7 Å². The van der Waals surface area contributed by atoms with E-state index in [4.69, 9.17) is 24.7 Å². The summed E-state index contributed by atoms with van der Waals surface area (Å²) in [4.78, 5) is 41.0. The monoisotopic (exact) mass is 842 g/mol. The fourth-order valence-electron chi connectivity index (χ4n) is 8.62. The molecular formula is C47H58N2O12. The highest BCUT2D eigenvalue weighted by Gasteiger charge is 2.61. The average Bonchev–Trinajstić information content (AvgIpc) is 3.25. The van der Waals surface area contributed by atoms with Crippen molar-refractivity contribution < 1.29 is 58.9 Å². The molecule has 0 spiro atoms. The van der Waals surface area contributed by atoms with Gasteiger partial charge in [-0.2, -0.15) is 0 Å². The van der Waals surface area contributed by atoms with Crippen molar-refractivity contribution in [2.45, 2.75) is 99.8 Å². The molecule has 3 aliphatic rings. The number of aryl methyl sites for hydroxylation is 1. The quantitative estimate of drug-likeness (QED) is 0.0655. The lowest BCUT2D eigenvalue weighted by molar-refractivity contribution is -0.269. The fourth-order valence-corrected chi connectivity index (χ4v) is 8.62. The summed E-state index contributed by atoms with van der Waals surface area (Å²) in [6, 6.07) is 18.8. The lowest BCUT2D eigenvalue weighted by Crippen LogP contribution is -2.70. The van der Waals surface area contributed by atoms with Gasteiger partial charge in [0.1, 0.15) is 31.0 Å². The Morgan fingerprint density at radius 2 is 1.62 bits per heavy atom. The highest BCUT2D eigenvalue weighted by molar-refractivity contribution is 5.97. The summed E-state index contributed by atoms with van der Waals surface area (Å²) in [5, 5.41) is 56.7. The van der Waals surface area contributed by atoms with Gasteiger partial charge >= 0.3 is 5.97 Å². The topological polar surface area (TPSA) is 227 Å². The van der Waals surface area contributed by atoms with Crippen LogP contribution in [0.4, 0.5) is 0 Å². The number of carboxylic acid groups (broad SMARTS) is 1. The zero-order valence-electron chi connectivity index (χ0n) is 34.3. The van der Waals surface area contributed by atoms with E-state index in [1.165, 1.54) is 42.5 Å². The first-order valence-corrected chi connectivity index (χ1v) is 21.1. The van der Waals surface area contributed by atoms with E-state index in [1.807, 2.05) is 30.3 Å². The molecule has 1 unspecified atom stereocenters. The number of rotatable bonds is 18. The maximum absolute atomic E-state index is 14.3. The highest BCUT2D eigenvalue weighted by atomic mass is 16.6. The van der Waals surface area contributed by atoms with Gasteiger partial charge in [0.25, 0.3) is 0 Å². The van der Waals surface area contributed by atoms with Gasteiger partial charge in [-0.25, -0.2) is 4.79 Å². The molecule has 3 fully saturated rings. The molecule has 14 nitrogen and oxygen atoms in total. The zero-order valence-corrected chi connectivity index (χ0v) is 34.3. The van der Waals surface area contributed by atoms with Crippen molar-refractivity contribution in [3.8, 4) is 23.0 Å². The maximum atomic E-state index is 14.3. The molecular weight excluding hydrogens is 785 g/mol. The van der Waals surface area contributed by atoms with Crippen LogP contribution in [-0.2, 0) is 35.0 Å². The van der Waals surface area contributed by atoms with Gasteiger partial charge < -0.3 is 55.5 Å². The summed E-state index contributed by atoms with van der Waals surface area (Å²) in [6.07, 6.45) is 7.65. The molecule has 2 aliphatic carbocycles. The predicted octanol–water partition coefficient (Wildman–Crippen LogP) is 5.08. The lowest BCUT2D eigenvalue weighted by atomic mass is 9.70. The van der Waals surface area contributed by atoms with Crippen molar-refractivity contribution in [3.63, 3.8) is 0 Å². The van der Waals surface area contributed by atoms with Gasteiger partial charge in [0, 0.05) is 32.0 Å². The fraction of sp³-hybridized carbons (Fsp3) is 0.468. The van der Waals surface area contributed by atoms with Crippen LogP contribution in [0.25, 0.3) is 12.2 Å². The van der Waals surface area contributed by atoms with E-state index in [0.29, 0.717) is 24.0 Å². The third kappa shape index (κ3) is 12.1. The molecule has 3 aromatic carbocycles. The number of phenolic OH excluding ortho intramolecular Hbond substituents is 3. The molecule has 2 saturated carbocycles. The second kappa shape index (κ2) is 21.1. The van der Waals surface area contributed by atoms with Crippen LogP contribution in [0, 0.1) is 5.92 Å². The molecule has 0 amide bonds. The van der Waals surface area contributed by atoms with Crippen LogP contribution >= 0.6 is 0 Å². The third-order valence-corrected chi connectivity index (χ3v) is 11.9. The first kappa shape index (κ1) is 45.4. The summed E-state index contributed by atoms with van der Waals surface area (Å²) >= 11 is 0.